The van der Waals surface area contributed by atoms with E-state index in [4.69, 9.17) is 9.47 Å². The third-order valence-electron chi connectivity index (χ3n) is 3.28. The Morgan fingerprint density at radius 1 is 1.13 bits per heavy atom. The van der Waals surface area contributed by atoms with Crippen LogP contribution in [0.15, 0.2) is 30.3 Å². The van der Waals surface area contributed by atoms with E-state index < -0.39 is 0 Å². The maximum Gasteiger partial charge on any atom is 0.0866 e. The molecule has 0 amide bonds. The average Bonchev–Trinajstić information content (AvgIpc) is 3.06. The highest BCUT2D eigenvalue weighted by Gasteiger charge is 2.44. The Balaban J connectivity index is 1.49. The molecule has 2 aliphatic rings. The van der Waals surface area contributed by atoms with E-state index in [0.717, 1.165) is 19.4 Å². The number of hydrogen-bond acceptors (Lipinski definition) is 2. The zero-order chi connectivity index (χ0) is 10.1. The van der Waals surface area contributed by atoms with Gasteiger partial charge in [0, 0.05) is 6.42 Å². The predicted octanol–water partition coefficient (Wildman–Crippen LogP) is 2.52. The molecule has 1 saturated carbocycles. The summed E-state index contributed by atoms with van der Waals surface area (Å²) in [6.07, 6.45) is 4.94. The monoisotopic (exact) mass is 204 g/mol. The Hall–Kier alpha value is -0.860. The summed E-state index contributed by atoms with van der Waals surface area (Å²) in [6, 6.07) is 10.4. The van der Waals surface area contributed by atoms with Gasteiger partial charge in [-0.1, -0.05) is 30.3 Å². The first-order valence-electron chi connectivity index (χ1n) is 5.73. The van der Waals surface area contributed by atoms with Crippen LogP contribution in [-0.2, 0) is 16.1 Å². The summed E-state index contributed by atoms with van der Waals surface area (Å²) >= 11 is 0. The molecule has 0 radical (unpaired) electrons. The molecule has 2 fully saturated rings. The van der Waals surface area contributed by atoms with Crippen molar-refractivity contribution < 1.29 is 9.47 Å². The van der Waals surface area contributed by atoms with Gasteiger partial charge >= 0.3 is 0 Å². The molecule has 1 aromatic rings. The normalized spacial score (nSPS) is 33.5. The lowest BCUT2D eigenvalue weighted by atomic mass is 9.98. The largest absolute Gasteiger partial charge is 0.373 e. The highest BCUT2D eigenvalue weighted by Crippen LogP contribution is 2.37. The summed E-state index contributed by atoms with van der Waals surface area (Å²) in [5.41, 5.74) is 1.26. The number of hydrogen-bond donors (Lipinski definition) is 0. The molecule has 3 atom stereocenters. The molecule has 0 spiro atoms. The first-order chi connectivity index (χ1) is 7.42. The zero-order valence-electron chi connectivity index (χ0n) is 8.76. The van der Waals surface area contributed by atoms with Crippen molar-refractivity contribution in [1.29, 1.82) is 0 Å². The maximum absolute atomic E-state index is 5.89. The number of benzene rings is 1. The van der Waals surface area contributed by atoms with E-state index in [-0.39, 0.29) is 0 Å². The van der Waals surface area contributed by atoms with Gasteiger partial charge in [0.2, 0.25) is 0 Å². The molecule has 2 nitrogen and oxygen atoms in total. The van der Waals surface area contributed by atoms with E-state index >= 15 is 0 Å². The van der Waals surface area contributed by atoms with E-state index in [9.17, 15) is 0 Å². The molecule has 1 heterocycles. The van der Waals surface area contributed by atoms with Gasteiger partial charge in [-0.2, -0.15) is 0 Å². The van der Waals surface area contributed by atoms with Crippen molar-refractivity contribution in [3.8, 4) is 0 Å². The van der Waals surface area contributed by atoms with Crippen LogP contribution in [0.4, 0.5) is 0 Å². The molecular weight excluding hydrogens is 188 g/mol. The molecular formula is C13H16O2. The standard InChI is InChI=1S/C13H16O2/c1-2-4-10(5-3-1)9-14-11-6-7-12-13(8-11)15-12/h1-5,11-13H,6-9H2/t11-,12?,13-/m1/s1. The summed E-state index contributed by atoms with van der Waals surface area (Å²) in [4.78, 5) is 0. The molecule has 1 aromatic carbocycles. The Morgan fingerprint density at radius 3 is 2.80 bits per heavy atom. The topological polar surface area (TPSA) is 21.8 Å². The molecule has 15 heavy (non-hydrogen) atoms. The lowest BCUT2D eigenvalue weighted by Crippen LogP contribution is -2.21. The van der Waals surface area contributed by atoms with E-state index in [1.165, 1.54) is 12.0 Å². The van der Waals surface area contributed by atoms with Crippen LogP contribution in [0, 0.1) is 0 Å². The van der Waals surface area contributed by atoms with Crippen LogP contribution in [0.25, 0.3) is 0 Å². The number of rotatable bonds is 3. The molecule has 3 rings (SSSR count). The van der Waals surface area contributed by atoms with Gasteiger partial charge in [-0.15, -0.1) is 0 Å². The fourth-order valence-electron chi connectivity index (χ4n) is 2.31. The summed E-state index contributed by atoms with van der Waals surface area (Å²) in [5.74, 6) is 0. The van der Waals surface area contributed by atoms with Gasteiger partial charge in [0.05, 0.1) is 24.9 Å². The van der Waals surface area contributed by atoms with Crippen molar-refractivity contribution in [2.45, 2.75) is 44.2 Å². The summed E-state index contributed by atoms with van der Waals surface area (Å²) in [7, 11) is 0. The van der Waals surface area contributed by atoms with Gasteiger partial charge in [-0.3, -0.25) is 0 Å². The molecule has 0 N–H and O–H groups in total. The summed E-state index contributed by atoms with van der Waals surface area (Å²) in [5, 5.41) is 0. The molecule has 80 valence electrons. The van der Waals surface area contributed by atoms with Crippen molar-refractivity contribution >= 4 is 0 Å². The first-order valence-corrected chi connectivity index (χ1v) is 5.73. The number of fused-ring (bicyclic) bond motifs is 1. The molecule has 0 bridgehead atoms. The van der Waals surface area contributed by atoms with Gasteiger partial charge in [0.25, 0.3) is 0 Å². The minimum Gasteiger partial charge on any atom is -0.373 e. The Kier molecular flexibility index (Phi) is 2.47. The lowest BCUT2D eigenvalue weighted by molar-refractivity contribution is 0.0213. The maximum atomic E-state index is 5.89. The third-order valence-corrected chi connectivity index (χ3v) is 3.28. The predicted molar refractivity (Wildman–Crippen MR) is 57.5 cm³/mol. The van der Waals surface area contributed by atoms with Crippen LogP contribution < -0.4 is 0 Å². The second kappa shape index (κ2) is 3.95. The summed E-state index contributed by atoms with van der Waals surface area (Å²) < 4.78 is 11.4. The third kappa shape index (κ3) is 2.21. The van der Waals surface area contributed by atoms with Crippen LogP contribution in [0.2, 0.25) is 0 Å². The van der Waals surface area contributed by atoms with E-state index in [1.54, 1.807) is 0 Å². The molecule has 1 aliphatic carbocycles. The zero-order valence-corrected chi connectivity index (χ0v) is 8.76. The highest BCUT2D eigenvalue weighted by molar-refractivity contribution is 5.13. The van der Waals surface area contributed by atoms with Crippen molar-refractivity contribution in [2.75, 3.05) is 0 Å². The average molecular weight is 204 g/mol. The van der Waals surface area contributed by atoms with Crippen molar-refractivity contribution in [3.05, 3.63) is 35.9 Å². The van der Waals surface area contributed by atoms with Gasteiger partial charge in [0.1, 0.15) is 0 Å². The molecule has 1 aliphatic heterocycles. The van der Waals surface area contributed by atoms with Gasteiger partial charge < -0.3 is 9.47 Å². The lowest BCUT2D eigenvalue weighted by Gasteiger charge is -2.19. The quantitative estimate of drug-likeness (QED) is 0.706. The second-order valence-corrected chi connectivity index (χ2v) is 4.44. The Morgan fingerprint density at radius 2 is 2.00 bits per heavy atom. The molecule has 0 aromatic heterocycles. The fourth-order valence-corrected chi connectivity index (χ4v) is 2.31. The highest BCUT2D eigenvalue weighted by atomic mass is 16.6. The molecule has 1 unspecified atom stereocenters. The van der Waals surface area contributed by atoms with Gasteiger partial charge in [-0.25, -0.2) is 0 Å². The number of epoxide rings is 1. The smallest absolute Gasteiger partial charge is 0.0866 e. The van der Waals surface area contributed by atoms with E-state index in [2.05, 4.69) is 24.3 Å². The van der Waals surface area contributed by atoms with E-state index in [1.807, 2.05) is 6.07 Å². The first kappa shape index (κ1) is 9.37. The van der Waals surface area contributed by atoms with Crippen LogP contribution in [-0.4, -0.2) is 18.3 Å². The van der Waals surface area contributed by atoms with Crippen LogP contribution >= 0.6 is 0 Å². The van der Waals surface area contributed by atoms with Crippen LogP contribution in [0.1, 0.15) is 24.8 Å². The van der Waals surface area contributed by atoms with Gasteiger partial charge in [-0.05, 0) is 18.4 Å². The minimum absolute atomic E-state index is 0.411. The van der Waals surface area contributed by atoms with Crippen LogP contribution in [0.5, 0.6) is 0 Å². The number of ether oxygens (including phenoxy) is 2. The Bertz CT molecular complexity index is 323. The van der Waals surface area contributed by atoms with E-state index in [0.29, 0.717) is 18.3 Å². The van der Waals surface area contributed by atoms with Gasteiger partial charge in [0.15, 0.2) is 0 Å². The fraction of sp³-hybridized carbons (Fsp3) is 0.538. The van der Waals surface area contributed by atoms with Crippen molar-refractivity contribution in [3.63, 3.8) is 0 Å². The molecule has 1 saturated heterocycles. The van der Waals surface area contributed by atoms with Crippen molar-refractivity contribution in [2.24, 2.45) is 0 Å². The Labute approximate surface area is 90.2 Å². The minimum atomic E-state index is 0.411. The second-order valence-electron chi connectivity index (χ2n) is 4.44. The molecule has 2 heteroatoms. The van der Waals surface area contributed by atoms with Crippen molar-refractivity contribution in [1.82, 2.24) is 0 Å². The SMILES string of the molecule is c1ccc(CO[C@@H]2CCC3O[C@@H]3C2)cc1. The van der Waals surface area contributed by atoms with Crippen LogP contribution in [0.3, 0.4) is 0 Å². The summed E-state index contributed by atoms with van der Waals surface area (Å²) in [6.45, 7) is 0.739.